The third kappa shape index (κ3) is 5.03. The van der Waals surface area contributed by atoms with Crippen molar-refractivity contribution in [1.82, 2.24) is 0 Å². The standard InChI is InChI=1S/C23H30N2O2/c1-4-21(27-22-16-17(2)8-9-18(22)3)23(26)24-19-10-12-20(13-11-19)25-14-6-5-7-15-25/h8-13,16,21H,4-7,14-15H2,1-3H3,(H,24,26). The lowest BCUT2D eigenvalue weighted by atomic mass is 10.1. The molecule has 2 aromatic rings. The molecule has 0 spiro atoms. The van der Waals surface area contributed by atoms with Crippen molar-refractivity contribution < 1.29 is 9.53 Å². The van der Waals surface area contributed by atoms with Crippen LogP contribution in [0.15, 0.2) is 42.5 Å². The predicted molar refractivity (Wildman–Crippen MR) is 112 cm³/mol. The van der Waals surface area contributed by atoms with Gasteiger partial charge >= 0.3 is 0 Å². The van der Waals surface area contributed by atoms with Crippen LogP contribution < -0.4 is 15.0 Å². The average molecular weight is 367 g/mol. The number of rotatable bonds is 6. The summed E-state index contributed by atoms with van der Waals surface area (Å²) in [4.78, 5) is 15.1. The van der Waals surface area contributed by atoms with Crippen LogP contribution in [0, 0.1) is 13.8 Å². The van der Waals surface area contributed by atoms with Gasteiger partial charge in [0, 0.05) is 24.5 Å². The number of ether oxygens (including phenoxy) is 1. The molecule has 0 aliphatic carbocycles. The van der Waals surface area contributed by atoms with Crippen molar-refractivity contribution in [3.8, 4) is 5.75 Å². The van der Waals surface area contributed by atoms with Crippen molar-refractivity contribution in [1.29, 1.82) is 0 Å². The van der Waals surface area contributed by atoms with Crippen molar-refractivity contribution in [3.63, 3.8) is 0 Å². The predicted octanol–water partition coefficient (Wildman–Crippen LogP) is 5.09. The molecule has 1 fully saturated rings. The molecule has 3 rings (SSSR count). The van der Waals surface area contributed by atoms with E-state index in [4.69, 9.17) is 4.74 Å². The van der Waals surface area contributed by atoms with Crippen LogP contribution in [0.5, 0.6) is 5.75 Å². The van der Waals surface area contributed by atoms with Crippen molar-refractivity contribution in [2.45, 2.75) is 52.6 Å². The lowest BCUT2D eigenvalue weighted by Crippen LogP contribution is -2.32. The molecular weight excluding hydrogens is 336 g/mol. The van der Waals surface area contributed by atoms with E-state index in [1.165, 1.54) is 24.9 Å². The van der Waals surface area contributed by atoms with E-state index >= 15 is 0 Å². The number of nitrogens with zero attached hydrogens (tertiary/aromatic N) is 1. The number of benzene rings is 2. The third-order valence-corrected chi connectivity index (χ3v) is 5.13. The minimum Gasteiger partial charge on any atom is -0.480 e. The number of hydrogen-bond acceptors (Lipinski definition) is 3. The molecule has 2 aromatic carbocycles. The summed E-state index contributed by atoms with van der Waals surface area (Å²) in [5.74, 6) is 0.668. The number of carbonyl (C=O) groups is 1. The van der Waals surface area contributed by atoms with Gasteiger partial charge in [0.25, 0.3) is 5.91 Å². The van der Waals surface area contributed by atoms with E-state index in [9.17, 15) is 4.79 Å². The van der Waals surface area contributed by atoms with Crippen LogP contribution in [-0.4, -0.2) is 25.1 Å². The molecule has 144 valence electrons. The van der Waals surface area contributed by atoms with Crippen molar-refractivity contribution in [2.75, 3.05) is 23.3 Å². The summed E-state index contributed by atoms with van der Waals surface area (Å²) < 4.78 is 6.01. The van der Waals surface area contributed by atoms with E-state index in [0.29, 0.717) is 6.42 Å². The molecule has 1 unspecified atom stereocenters. The zero-order chi connectivity index (χ0) is 19.2. The second kappa shape index (κ2) is 8.94. The Bertz CT molecular complexity index is 764. The number of carbonyl (C=O) groups excluding carboxylic acids is 1. The molecule has 0 saturated carbocycles. The smallest absolute Gasteiger partial charge is 0.265 e. The van der Waals surface area contributed by atoms with Gasteiger partial charge in [0.1, 0.15) is 5.75 Å². The van der Waals surface area contributed by atoms with Crippen LogP contribution in [0.25, 0.3) is 0 Å². The van der Waals surface area contributed by atoms with Crippen LogP contribution in [0.3, 0.4) is 0 Å². The molecule has 1 saturated heterocycles. The Kier molecular flexibility index (Phi) is 6.38. The SMILES string of the molecule is CCC(Oc1cc(C)ccc1C)C(=O)Nc1ccc(N2CCCCC2)cc1. The highest BCUT2D eigenvalue weighted by Gasteiger charge is 2.20. The molecule has 1 amide bonds. The number of aryl methyl sites for hydroxylation is 2. The van der Waals surface area contributed by atoms with Gasteiger partial charge in [0.2, 0.25) is 0 Å². The van der Waals surface area contributed by atoms with E-state index in [-0.39, 0.29) is 5.91 Å². The fourth-order valence-electron chi connectivity index (χ4n) is 3.44. The van der Waals surface area contributed by atoms with E-state index < -0.39 is 6.10 Å². The van der Waals surface area contributed by atoms with Crippen LogP contribution in [0.1, 0.15) is 43.7 Å². The molecule has 0 radical (unpaired) electrons. The summed E-state index contributed by atoms with van der Waals surface area (Å²) in [7, 11) is 0. The normalized spacial score (nSPS) is 15.3. The molecule has 1 aliphatic heterocycles. The second-order valence-corrected chi connectivity index (χ2v) is 7.37. The summed E-state index contributed by atoms with van der Waals surface area (Å²) in [5, 5.41) is 2.99. The van der Waals surface area contributed by atoms with Crippen LogP contribution in [0.2, 0.25) is 0 Å². The van der Waals surface area contributed by atoms with E-state index in [0.717, 1.165) is 35.7 Å². The zero-order valence-electron chi connectivity index (χ0n) is 16.6. The van der Waals surface area contributed by atoms with E-state index in [1.807, 2.05) is 51.1 Å². The van der Waals surface area contributed by atoms with Gasteiger partial charge in [-0.15, -0.1) is 0 Å². The molecule has 0 aromatic heterocycles. The molecule has 1 heterocycles. The lowest BCUT2D eigenvalue weighted by molar-refractivity contribution is -0.122. The Morgan fingerprint density at radius 2 is 1.78 bits per heavy atom. The van der Waals surface area contributed by atoms with Gasteiger partial charge in [-0.1, -0.05) is 19.1 Å². The maximum Gasteiger partial charge on any atom is 0.265 e. The molecule has 0 bridgehead atoms. The van der Waals surface area contributed by atoms with Crippen LogP contribution in [0.4, 0.5) is 11.4 Å². The maximum atomic E-state index is 12.7. The minimum atomic E-state index is -0.507. The topological polar surface area (TPSA) is 41.6 Å². The maximum absolute atomic E-state index is 12.7. The molecule has 27 heavy (non-hydrogen) atoms. The molecule has 4 heteroatoms. The summed E-state index contributed by atoms with van der Waals surface area (Å²) in [6, 6.07) is 14.2. The first kappa shape index (κ1) is 19.3. The van der Waals surface area contributed by atoms with Crippen molar-refractivity contribution in [2.24, 2.45) is 0 Å². The van der Waals surface area contributed by atoms with Crippen molar-refractivity contribution in [3.05, 3.63) is 53.6 Å². The fourth-order valence-corrected chi connectivity index (χ4v) is 3.44. The first-order valence-corrected chi connectivity index (χ1v) is 9.96. The highest BCUT2D eigenvalue weighted by molar-refractivity contribution is 5.94. The zero-order valence-corrected chi connectivity index (χ0v) is 16.6. The monoisotopic (exact) mass is 366 g/mol. The van der Waals surface area contributed by atoms with Gasteiger partial charge in [0.15, 0.2) is 6.10 Å². The third-order valence-electron chi connectivity index (χ3n) is 5.13. The summed E-state index contributed by atoms with van der Waals surface area (Å²) in [6.45, 7) is 8.23. The number of hydrogen-bond donors (Lipinski definition) is 1. The second-order valence-electron chi connectivity index (χ2n) is 7.37. The largest absolute Gasteiger partial charge is 0.480 e. The highest BCUT2D eigenvalue weighted by Crippen LogP contribution is 2.24. The number of piperidine rings is 1. The first-order chi connectivity index (χ1) is 13.1. The Hall–Kier alpha value is -2.49. The molecule has 4 nitrogen and oxygen atoms in total. The Balaban J connectivity index is 1.63. The Morgan fingerprint density at radius 1 is 1.07 bits per heavy atom. The highest BCUT2D eigenvalue weighted by atomic mass is 16.5. The number of amides is 1. The van der Waals surface area contributed by atoms with Gasteiger partial charge < -0.3 is 15.0 Å². The van der Waals surface area contributed by atoms with E-state index in [1.54, 1.807) is 0 Å². The van der Waals surface area contributed by atoms with Crippen LogP contribution in [-0.2, 0) is 4.79 Å². The van der Waals surface area contributed by atoms with Gasteiger partial charge in [-0.05, 0) is 81.0 Å². The summed E-state index contributed by atoms with van der Waals surface area (Å²) >= 11 is 0. The van der Waals surface area contributed by atoms with Gasteiger partial charge in [-0.25, -0.2) is 0 Å². The Morgan fingerprint density at radius 3 is 2.44 bits per heavy atom. The number of anilines is 2. The van der Waals surface area contributed by atoms with Gasteiger partial charge in [-0.3, -0.25) is 4.79 Å². The fraction of sp³-hybridized carbons (Fsp3) is 0.435. The van der Waals surface area contributed by atoms with Crippen LogP contribution >= 0.6 is 0 Å². The molecule has 1 atom stereocenters. The quantitative estimate of drug-likeness (QED) is 0.774. The average Bonchev–Trinajstić information content (AvgIpc) is 2.69. The van der Waals surface area contributed by atoms with Gasteiger partial charge in [0.05, 0.1) is 0 Å². The minimum absolute atomic E-state index is 0.107. The van der Waals surface area contributed by atoms with Gasteiger partial charge in [-0.2, -0.15) is 0 Å². The van der Waals surface area contributed by atoms with E-state index in [2.05, 4.69) is 22.3 Å². The summed E-state index contributed by atoms with van der Waals surface area (Å²) in [6.07, 6.45) is 3.94. The Labute approximate surface area is 162 Å². The van der Waals surface area contributed by atoms with Crippen molar-refractivity contribution >= 4 is 17.3 Å². The number of nitrogens with one attached hydrogen (secondary N) is 1. The summed E-state index contributed by atoms with van der Waals surface area (Å²) in [5.41, 5.74) is 4.20. The molecule has 1 N–H and O–H groups in total. The molecular formula is C23H30N2O2. The lowest BCUT2D eigenvalue weighted by Gasteiger charge is -2.29. The first-order valence-electron chi connectivity index (χ1n) is 9.96. The molecule has 1 aliphatic rings.